The van der Waals surface area contributed by atoms with E-state index in [4.69, 9.17) is 5.11 Å². The molecule has 0 saturated heterocycles. The largest absolute Gasteiger partial charge is 0.481 e. The van der Waals surface area contributed by atoms with Gasteiger partial charge in [0.15, 0.2) is 5.43 Å². The molecule has 0 amide bonds. The average molecular weight is 259 g/mol. The molecule has 0 atom stereocenters. The summed E-state index contributed by atoms with van der Waals surface area (Å²) in [4.78, 5) is 22.4. The van der Waals surface area contributed by atoms with Gasteiger partial charge < -0.3 is 9.67 Å². The van der Waals surface area contributed by atoms with Crippen LogP contribution in [0.5, 0.6) is 0 Å². The summed E-state index contributed by atoms with van der Waals surface area (Å²) in [6.07, 6.45) is 2.32. The van der Waals surface area contributed by atoms with Crippen molar-refractivity contribution >= 4 is 16.9 Å². The molecule has 0 spiro atoms. The van der Waals surface area contributed by atoms with E-state index in [0.29, 0.717) is 6.42 Å². The Balaban J connectivity index is 2.22. The highest BCUT2D eigenvalue weighted by Crippen LogP contribution is 2.13. The molecule has 4 nitrogen and oxygen atoms in total. The minimum atomic E-state index is -0.771. The first-order chi connectivity index (χ1) is 9.09. The lowest BCUT2D eigenvalue weighted by atomic mass is 10.1. The first-order valence-corrected chi connectivity index (χ1v) is 6.39. The second kappa shape index (κ2) is 5.69. The van der Waals surface area contributed by atoms with Gasteiger partial charge in [0.1, 0.15) is 0 Å². The molecule has 1 N–H and O–H groups in total. The monoisotopic (exact) mass is 259 g/mol. The molecule has 0 unspecified atom stereocenters. The van der Waals surface area contributed by atoms with Crippen LogP contribution >= 0.6 is 0 Å². The summed E-state index contributed by atoms with van der Waals surface area (Å²) in [5, 5.41) is 9.32. The van der Waals surface area contributed by atoms with Crippen molar-refractivity contribution in [2.24, 2.45) is 7.05 Å². The molecule has 19 heavy (non-hydrogen) atoms. The Bertz CT molecular complexity index is 658. The average Bonchev–Trinajstić information content (AvgIpc) is 2.40. The predicted octanol–water partition coefficient (Wildman–Crippen LogP) is 2.34. The molecule has 0 bridgehead atoms. The maximum absolute atomic E-state index is 12.0. The number of unbranched alkanes of at least 4 members (excludes halogenated alkanes) is 1. The van der Waals surface area contributed by atoms with Crippen LogP contribution in [0.3, 0.4) is 0 Å². The normalized spacial score (nSPS) is 10.8. The number of benzene rings is 1. The summed E-state index contributed by atoms with van der Waals surface area (Å²) in [7, 11) is 1.94. The molecule has 0 radical (unpaired) electrons. The number of aromatic nitrogens is 1. The van der Waals surface area contributed by atoms with Crippen molar-refractivity contribution in [3.05, 3.63) is 46.2 Å². The number of hydrogen-bond donors (Lipinski definition) is 1. The Kier molecular flexibility index (Phi) is 4.00. The number of carboxylic acids is 1. The number of hydrogen-bond acceptors (Lipinski definition) is 2. The first-order valence-electron chi connectivity index (χ1n) is 6.39. The highest BCUT2D eigenvalue weighted by molar-refractivity contribution is 5.79. The predicted molar refractivity (Wildman–Crippen MR) is 74.4 cm³/mol. The molecule has 0 aliphatic rings. The quantitative estimate of drug-likeness (QED) is 0.838. The zero-order chi connectivity index (χ0) is 13.8. The van der Waals surface area contributed by atoms with Crippen LogP contribution in [0.2, 0.25) is 0 Å². The molecule has 1 aromatic carbocycles. The van der Waals surface area contributed by atoms with Gasteiger partial charge in [0.25, 0.3) is 0 Å². The number of aliphatic carboxylic acids is 1. The van der Waals surface area contributed by atoms with E-state index in [1.807, 2.05) is 35.9 Å². The van der Waals surface area contributed by atoms with Gasteiger partial charge in [-0.25, -0.2) is 0 Å². The number of carboxylic acid groups (broad SMARTS) is 1. The number of nitrogens with zero attached hydrogens (tertiary/aromatic N) is 1. The third-order valence-corrected chi connectivity index (χ3v) is 3.33. The molecule has 0 aliphatic carbocycles. The summed E-state index contributed by atoms with van der Waals surface area (Å²) in [5.41, 5.74) is 1.90. The summed E-state index contributed by atoms with van der Waals surface area (Å²) >= 11 is 0. The van der Waals surface area contributed by atoms with Crippen LogP contribution in [-0.4, -0.2) is 15.6 Å². The SMILES string of the molecule is Cn1c(CCCCC(=O)O)cc(=O)c2ccccc21. The van der Waals surface area contributed by atoms with E-state index >= 15 is 0 Å². The lowest BCUT2D eigenvalue weighted by Gasteiger charge is -2.11. The minimum absolute atomic E-state index is 0.0296. The van der Waals surface area contributed by atoms with Crippen LogP contribution in [0.25, 0.3) is 10.9 Å². The number of pyridine rings is 1. The Hall–Kier alpha value is -2.10. The molecule has 2 rings (SSSR count). The smallest absolute Gasteiger partial charge is 0.303 e. The summed E-state index contributed by atoms with van der Waals surface area (Å²) in [6.45, 7) is 0. The molecule has 0 saturated carbocycles. The molecule has 1 heterocycles. The van der Waals surface area contributed by atoms with Crippen molar-refractivity contribution < 1.29 is 9.90 Å². The van der Waals surface area contributed by atoms with Gasteiger partial charge in [-0.1, -0.05) is 12.1 Å². The Morgan fingerprint density at radius 3 is 2.74 bits per heavy atom. The van der Waals surface area contributed by atoms with Gasteiger partial charge in [-0.3, -0.25) is 9.59 Å². The molecule has 0 fully saturated rings. The fraction of sp³-hybridized carbons (Fsp3) is 0.333. The summed E-state index contributed by atoms with van der Waals surface area (Å²) in [5.74, 6) is -0.771. The van der Waals surface area contributed by atoms with Crippen molar-refractivity contribution in [1.29, 1.82) is 0 Å². The molecule has 2 aromatic rings. The number of carbonyl (C=O) groups is 1. The van der Waals surface area contributed by atoms with Crippen LogP contribution in [-0.2, 0) is 18.3 Å². The third kappa shape index (κ3) is 3.02. The van der Waals surface area contributed by atoms with Crippen LogP contribution in [0.4, 0.5) is 0 Å². The first kappa shape index (κ1) is 13.3. The Labute approximate surface area is 111 Å². The number of rotatable bonds is 5. The van der Waals surface area contributed by atoms with Gasteiger partial charge in [-0.15, -0.1) is 0 Å². The molecular weight excluding hydrogens is 242 g/mol. The van der Waals surface area contributed by atoms with Crippen molar-refractivity contribution in [3.8, 4) is 0 Å². The van der Waals surface area contributed by atoms with E-state index < -0.39 is 5.97 Å². The fourth-order valence-electron chi connectivity index (χ4n) is 2.28. The van der Waals surface area contributed by atoms with E-state index in [-0.39, 0.29) is 11.8 Å². The number of para-hydroxylation sites is 1. The molecule has 100 valence electrons. The highest BCUT2D eigenvalue weighted by Gasteiger charge is 2.06. The van der Waals surface area contributed by atoms with E-state index in [2.05, 4.69) is 0 Å². The van der Waals surface area contributed by atoms with Crippen LogP contribution in [0, 0.1) is 0 Å². The molecule has 0 aliphatic heterocycles. The lowest BCUT2D eigenvalue weighted by Crippen LogP contribution is -2.11. The van der Waals surface area contributed by atoms with Gasteiger partial charge in [-0.05, 0) is 31.4 Å². The highest BCUT2D eigenvalue weighted by atomic mass is 16.4. The van der Waals surface area contributed by atoms with Gasteiger partial charge in [0.05, 0.1) is 5.52 Å². The van der Waals surface area contributed by atoms with E-state index in [1.165, 1.54) is 0 Å². The Morgan fingerprint density at radius 1 is 1.26 bits per heavy atom. The maximum atomic E-state index is 12.0. The molecular formula is C15H17NO3. The second-order valence-corrected chi connectivity index (χ2v) is 4.68. The van der Waals surface area contributed by atoms with E-state index in [1.54, 1.807) is 6.07 Å². The summed E-state index contributed by atoms with van der Waals surface area (Å²) < 4.78 is 2.01. The Morgan fingerprint density at radius 2 is 2.00 bits per heavy atom. The van der Waals surface area contributed by atoms with Crippen molar-refractivity contribution in [2.45, 2.75) is 25.7 Å². The van der Waals surface area contributed by atoms with Crippen molar-refractivity contribution in [1.82, 2.24) is 4.57 Å². The van der Waals surface area contributed by atoms with Crippen LogP contribution in [0.1, 0.15) is 25.0 Å². The van der Waals surface area contributed by atoms with Crippen LogP contribution in [0.15, 0.2) is 35.1 Å². The van der Waals surface area contributed by atoms with Gasteiger partial charge in [0.2, 0.25) is 0 Å². The van der Waals surface area contributed by atoms with Crippen molar-refractivity contribution in [2.75, 3.05) is 0 Å². The third-order valence-electron chi connectivity index (χ3n) is 3.33. The second-order valence-electron chi connectivity index (χ2n) is 4.68. The number of fused-ring (bicyclic) bond motifs is 1. The maximum Gasteiger partial charge on any atom is 0.303 e. The molecule has 1 aromatic heterocycles. The molecule has 4 heteroatoms. The standard InChI is InChI=1S/C15H17NO3/c1-16-11(6-2-5-9-15(18)19)10-14(17)12-7-3-4-8-13(12)16/h3-4,7-8,10H,2,5-6,9H2,1H3,(H,18,19). The van der Waals surface area contributed by atoms with Gasteiger partial charge >= 0.3 is 5.97 Å². The van der Waals surface area contributed by atoms with E-state index in [9.17, 15) is 9.59 Å². The fourth-order valence-corrected chi connectivity index (χ4v) is 2.28. The zero-order valence-corrected chi connectivity index (χ0v) is 10.9. The van der Waals surface area contributed by atoms with Crippen molar-refractivity contribution in [3.63, 3.8) is 0 Å². The van der Waals surface area contributed by atoms with Crippen LogP contribution < -0.4 is 5.43 Å². The number of aryl methyl sites for hydroxylation is 2. The topological polar surface area (TPSA) is 59.3 Å². The summed E-state index contributed by atoms with van der Waals surface area (Å²) in [6, 6.07) is 9.18. The minimum Gasteiger partial charge on any atom is -0.481 e. The lowest BCUT2D eigenvalue weighted by molar-refractivity contribution is -0.137. The van der Waals surface area contributed by atoms with Gasteiger partial charge in [0, 0.05) is 30.6 Å². The zero-order valence-electron chi connectivity index (χ0n) is 10.9. The van der Waals surface area contributed by atoms with E-state index in [0.717, 1.165) is 29.4 Å². The van der Waals surface area contributed by atoms with Gasteiger partial charge in [-0.2, -0.15) is 0 Å².